The van der Waals surface area contributed by atoms with Crippen molar-refractivity contribution in [2.24, 2.45) is 0 Å². The largest absolute Gasteiger partial charge is 0.490 e. The minimum absolute atomic E-state index is 0.268. The lowest BCUT2D eigenvalue weighted by Crippen LogP contribution is -2.28. The van der Waals surface area contributed by atoms with Crippen LogP contribution in [0.3, 0.4) is 0 Å². The van der Waals surface area contributed by atoms with Crippen LogP contribution < -0.4 is 4.74 Å². The molecule has 0 unspecified atom stereocenters. The van der Waals surface area contributed by atoms with Crippen LogP contribution in [-0.2, 0) is 16.6 Å². The van der Waals surface area contributed by atoms with Crippen molar-refractivity contribution in [1.82, 2.24) is 14.1 Å². The summed E-state index contributed by atoms with van der Waals surface area (Å²) in [5.74, 6) is 0.744. The van der Waals surface area contributed by atoms with Gasteiger partial charge in [0.05, 0.1) is 16.7 Å². The standard InChI is InChI=1S/C20H29N3O3S/c1-16-15-17(2)23(21-16)14-6-13-22(3)27(24,25)20-11-9-19(10-12-20)26-18-7-4-5-8-18/h9-12,15,18H,4-8,13-14H2,1-3H3. The quantitative estimate of drug-likeness (QED) is 0.690. The number of nitrogens with zero attached hydrogens (tertiary/aromatic N) is 3. The first-order valence-electron chi connectivity index (χ1n) is 9.60. The molecule has 1 aliphatic rings. The molecule has 3 rings (SSSR count). The Balaban J connectivity index is 1.56. The van der Waals surface area contributed by atoms with E-state index in [0.717, 1.165) is 30.0 Å². The number of hydrogen-bond acceptors (Lipinski definition) is 4. The van der Waals surface area contributed by atoms with Crippen LogP contribution in [0.5, 0.6) is 5.75 Å². The van der Waals surface area contributed by atoms with E-state index in [1.807, 2.05) is 24.6 Å². The van der Waals surface area contributed by atoms with Gasteiger partial charge in [-0.25, -0.2) is 12.7 Å². The molecule has 148 valence electrons. The van der Waals surface area contributed by atoms with E-state index in [4.69, 9.17) is 4.74 Å². The van der Waals surface area contributed by atoms with Gasteiger partial charge in [-0.15, -0.1) is 0 Å². The molecule has 1 aliphatic carbocycles. The molecule has 1 aromatic heterocycles. The zero-order valence-corrected chi connectivity index (χ0v) is 17.2. The number of hydrogen-bond donors (Lipinski definition) is 0. The molecular weight excluding hydrogens is 362 g/mol. The van der Waals surface area contributed by atoms with Crippen molar-refractivity contribution in [3.05, 3.63) is 41.7 Å². The van der Waals surface area contributed by atoms with Gasteiger partial charge in [0, 0.05) is 25.8 Å². The summed E-state index contributed by atoms with van der Waals surface area (Å²) in [5.41, 5.74) is 2.07. The minimum Gasteiger partial charge on any atom is -0.490 e. The average molecular weight is 392 g/mol. The van der Waals surface area contributed by atoms with Gasteiger partial charge in [-0.3, -0.25) is 4.68 Å². The molecule has 0 spiro atoms. The van der Waals surface area contributed by atoms with Gasteiger partial charge < -0.3 is 4.74 Å². The summed E-state index contributed by atoms with van der Waals surface area (Å²) >= 11 is 0. The normalized spacial score (nSPS) is 15.6. The van der Waals surface area contributed by atoms with E-state index in [1.54, 1.807) is 31.3 Å². The van der Waals surface area contributed by atoms with E-state index in [1.165, 1.54) is 17.1 Å². The molecule has 0 atom stereocenters. The summed E-state index contributed by atoms with van der Waals surface area (Å²) < 4.78 is 34.8. The third-order valence-corrected chi connectivity index (χ3v) is 6.95. The second kappa shape index (κ2) is 8.44. The summed E-state index contributed by atoms with van der Waals surface area (Å²) in [6.45, 7) is 5.12. The lowest BCUT2D eigenvalue weighted by molar-refractivity contribution is 0.210. The fraction of sp³-hybridized carbons (Fsp3) is 0.550. The monoisotopic (exact) mass is 391 g/mol. The first kappa shape index (κ1) is 19.9. The number of ether oxygens (including phenoxy) is 1. The Morgan fingerprint density at radius 1 is 1.19 bits per heavy atom. The topological polar surface area (TPSA) is 64.4 Å². The first-order valence-corrected chi connectivity index (χ1v) is 11.0. The van der Waals surface area contributed by atoms with Crippen LogP contribution in [0.2, 0.25) is 0 Å². The van der Waals surface area contributed by atoms with Crippen molar-refractivity contribution >= 4 is 10.0 Å². The van der Waals surface area contributed by atoms with Crippen molar-refractivity contribution in [2.75, 3.05) is 13.6 Å². The van der Waals surface area contributed by atoms with E-state index >= 15 is 0 Å². The van der Waals surface area contributed by atoms with Gasteiger partial charge in [0.15, 0.2) is 0 Å². The maximum Gasteiger partial charge on any atom is 0.242 e. The fourth-order valence-electron chi connectivity index (χ4n) is 3.53. The van der Waals surface area contributed by atoms with E-state index in [2.05, 4.69) is 5.10 Å². The predicted molar refractivity (Wildman–Crippen MR) is 105 cm³/mol. The Hall–Kier alpha value is -1.86. The number of benzene rings is 1. The number of sulfonamides is 1. The number of rotatable bonds is 8. The molecular formula is C20H29N3O3S. The second-order valence-electron chi connectivity index (χ2n) is 7.33. The van der Waals surface area contributed by atoms with Crippen molar-refractivity contribution in [3.63, 3.8) is 0 Å². The highest BCUT2D eigenvalue weighted by atomic mass is 32.2. The third-order valence-electron chi connectivity index (χ3n) is 5.08. The summed E-state index contributed by atoms with van der Waals surface area (Å²) in [7, 11) is -1.87. The fourth-order valence-corrected chi connectivity index (χ4v) is 4.74. The zero-order valence-electron chi connectivity index (χ0n) is 16.4. The molecule has 7 heteroatoms. The summed E-state index contributed by atoms with van der Waals surface area (Å²) in [5, 5.41) is 4.41. The Bertz CT molecular complexity index is 853. The zero-order chi connectivity index (χ0) is 19.4. The van der Waals surface area contributed by atoms with Crippen LogP contribution >= 0.6 is 0 Å². The Morgan fingerprint density at radius 3 is 2.44 bits per heavy atom. The Kier molecular flexibility index (Phi) is 6.22. The van der Waals surface area contributed by atoms with E-state index in [0.29, 0.717) is 24.4 Å². The number of aromatic nitrogens is 2. The maximum atomic E-state index is 12.8. The lowest BCUT2D eigenvalue weighted by atomic mass is 10.3. The summed E-state index contributed by atoms with van der Waals surface area (Å²) in [6.07, 6.45) is 5.56. The highest BCUT2D eigenvalue weighted by molar-refractivity contribution is 7.89. The van der Waals surface area contributed by atoms with E-state index in [9.17, 15) is 8.42 Å². The van der Waals surface area contributed by atoms with Crippen molar-refractivity contribution < 1.29 is 13.2 Å². The van der Waals surface area contributed by atoms with Crippen LogP contribution in [0.15, 0.2) is 35.2 Å². The summed E-state index contributed by atoms with van der Waals surface area (Å²) in [6, 6.07) is 8.81. The summed E-state index contributed by atoms with van der Waals surface area (Å²) in [4.78, 5) is 0.301. The smallest absolute Gasteiger partial charge is 0.242 e. The maximum absolute atomic E-state index is 12.8. The van der Waals surface area contributed by atoms with Gasteiger partial charge in [-0.1, -0.05) is 0 Å². The molecule has 1 fully saturated rings. The van der Waals surface area contributed by atoms with Crippen LogP contribution in [0, 0.1) is 13.8 Å². The molecule has 6 nitrogen and oxygen atoms in total. The van der Waals surface area contributed by atoms with E-state index < -0.39 is 10.0 Å². The van der Waals surface area contributed by atoms with Gasteiger partial charge in [0.2, 0.25) is 10.0 Å². The SMILES string of the molecule is Cc1cc(C)n(CCCN(C)S(=O)(=O)c2ccc(OC3CCCC3)cc2)n1. The molecule has 2 aromatic rings. The molecule has 27 heavy (non-hydrogen) atoms. The van der Waals surface area contributed by atoms with Crippen molar-refractivity contribution in [1.29, 1.82) is 0 Å². The minimum atomic E-state index is -3.49. The molecule has 0 aliphatic heterocycles. The van der Waals surface area contributed by atoms with Crippen LogP contribution in [0.4, 0.5) is 0 Å². The Labute approximate surface area is 162 Å². The molecule has 1 heterocycles. The molecule has 0 N–H and O–H groups in total. The Morgan fingerprint density at radius 2 is 1.85 bits per heavy atom. The van der Waals surface area contributed by atoms with Crippen LogP contribution in [-0.4, -0.2) is 42.2 Å². The van der Waals surface area contributed by atoms with E-state index in [-0.39, 0.29) is 6.10 Å². The third kappa shape index (κ3) is 4.90. The van der Waals surface area contributed by atoms with Gasteiger partial charge in [0.1, 0.15) is 5.75 Å². The van der Waals surface area contributed by atoms with Gasteiger partial charge in [-0.2, -0.15) is 5.10 Å². The predicted octanol–water partition coefficient (Wildman–Crippen LogP) is 3.53. The molecule has 0 radical (unpaired) electrons. The van der Waals surface area contributed by atoms with Gasteiger partial charge in [-0.05, 0) is 76.3 Å². The van der Waals surface area contributed by atoms with Crippen molar-refractivity contribution in [3.8, 4) is 5.75 Å². The highest BCUT2D eigenvalue weighted by Gasteiger charge is 2.21. The van der Waals surface area contributed by atoms with Crippen LogP contribution in [0.25, 0.3) is 0 Å². The number of aryl methyl sites for hydroxylation is 3. The average Bonchev–Trinajstić information content (AvgIpc) is 3.24. The van der Waals surface area contributed by atoms with Crippen molar-refractivity contribution in [2.45, 2.75) is 63.5 Å². The van der Waals surface area contributed by atoms with Crippen LogP contribution in [0.1, 0.15) is 43.5 Å². The second-order valence-corrected chi connectivity index (χ2v) is 9.37. The molecule has 0 amide bonds. The van der Waals surface area contributed by atoms with Gasteiger partial charge in [0.25, 0.3) is 0 Å². The highest BCUT2D eigenvalue weighted by Crippen LogP contribution is 2.25. The molecule has 1 saturated carbocycles. The molecule has 0 bridgehead atoms. The molecule has 1 aromatic carbocycles. The lowest BCUT2D eigenvalue weighted by Gasteiger charge is -2.18. The van der Waals surface area contributed by atoms with Gasteiger partial charge >= 0.3 is 0 Å². The first-order chi connectivity index (χ1) is 12.9. The molecule has 0 saturated heterocycles.